The number of amides is 2. The van der Waals surface area contributed by atoms with E-state index in [9.17, 15) is 18.0 Å². The first-order valence-corrected chi connectivity index (χ1v) is 12.0. The molecule has 164 valence electrons. The number of aryl methyl sites for hydroxylation is 3. The van der Waals surface area contributed by atoms with Crippen LogP contribution in [0.25, 0.3) is 0 Å². The molecule has 2 amide bonds. The van der Waals surface area contributed by atoms with Gasteiger partial charge in [0.05, 0.1) is 43.2 Å². The number of carbonyl (C=O) groups excluding carboxylic acids is 2. The molecular weight excluding hydrogens is 414 g/mol. The van der Waals surface area contributed by atoms with Crippen LogP contribution in [-0.4, -0.2) is 56.8 Å². The van der Waals surface area contributed by atoms with Crippen LogP contribution in [0.3, 0.4) is 0 Å². The highest BCUT2D eigenvalue weighted by atomic mass is 32.2. The van der Waals surface area contributed by atoms with Crippen LogP contribution in [0.1, 0.15) is 23.1 Å². The number of hydrogen-bond acceptors (Lipinski definition) is 4. The van der Waals surface area contributed by atoms with Gasteiger partial charge in [-0.2, -0.15) is 4.31 Å². The molecule has 2 fully saturated rings. The van der Waals surface area contributed by atoms with Crippen molar-refractivity contribution in [3.63, 3.8) is 0 Å². The van der Waals surface area contributed by atoms with E-state index in [2.05, 4.69) is 0 Å². The minimum Gasteiger partial charge on any atom is -0.322 e. The zero-order chi connectivity index (χ0) is 22.3. The molecule has 8 heteroatoms. The minimum atomic E-state index is -3.56. The Morgan fingerprint density at radius 2 is 1.48 bits per heavy atom. The number of hydrogen-bond donors (Lipinski definition) is 1. The monoisotopic (exact) mass is 442 g/mol. The van der Waals surface area contributed by atoms with Gasteiger partial charge in [-0.15, -0.1) is 0 Å². The highest BCUT2D eigenvalue weighted by Crippen LogP contribution is 2.29. The highest BCUT2D eigenvalue weighted by molar-refractivity contribution is 7.89. The standard InChI is InChI=1S/C23H27N3O4S/c1-16-7-9-19(10-8-16)31(29,30)25-13-11-24(12-14-25)20-15-21(27)26(23(20)28)22-17(2)5-4-6-18(22)3/h4-10,20H,11-15H2,1-3H3/p+1/t20-/m0/s1. The largest absolute Gasteiger partial charge is 0.322 e. The Bertz CT molecular complexity index is 1100. The molecule has 2 aliphatic rings. The Morgan fingerprint density at radius 3 is 2.06 bits per heavy atom. The quantitative estimate of drug-likeness (QED) is 0.712. The third-order valence-corrected chi connectivity index (χ3v) is 8.24. The molecule has 0 aliphatic carbocycles. The summed E-state index contributed by atoms with van der Waals surface area (Å²) in [7, 11) is -3.56. The van der Waals surface area contributed by atoms with Gasteiger partial charge in [0.25, 0.3) is 5.91 Å². The van der Waals surface area contributed by atoms with Crippen LogP contribution >= 0.6 is 0 Å². The second-order valence-electron chi connectivity index (χ2n) is 8.44. The SMILES string of the molecule is Cc1ccc(S(=O)(=O)N2CC[NH+]([C@H]3CC(=O)N(c4c(C)cccc4C)C3=O)CC2)cc1. The summed E-state index contributed by atoms with van der Waals surface area (Å²) in [5.74, 6) is -0.373. The predicted octanol–water partition coefficient (Wildman–Crippen LogP) is 0.833. The van der Waals surface area contributed by atoms with Crippen LogP contribution in [0.4, 0.5) is 5.69 Å². The third-order valence-electron chi connectivity index (χ3n) is 6.33. The third kappa shape index (κ3) is 3.91. The summed E-state index contributed by atoms with van der Waals surface area (Å²) in [5.41, 5.74) is 3.48. The molecule has 2 aliphatic heterocycles. The molecule has 0 saturated carbocycles. The average molecular weight is 443 g/mol. The molecule has 31 heavy (non-hydrogen) atoms. The molecule has 0 bridgehead atoms. The van der Waals surface area contributed by atoms with Crippen molar-refractivity contribution in [1.29, 1.82) is 0 Å². The van der Waals surface area contributed by atoms with Crippen LogP contribution in [-0.2, 0) is 19.6 Å². The Hall–Kier alpha value is -2.55. The average Bonchev–Trinajstić information content (AvgIpc) is 3.03. The van der Waals surface area contributed by atoms with Crippen LogP contribution in [0.5, 0.6) is 0 Å². The summed E-state index contributed by atoms with van der Waals surface area (Å²) in [4.78, 5) is 28.6. The molecule has 1 N–H and O–H groups in total. The van der Waals surface area contributed by atoms with Crippen molar-refractivity contribution in [2.24, 2.45) is 0 Å². The fourth-order valence-electron chi connectivity index (χ4n) is 4.57. The number of anilines is 1. The second-order valence-corrected chi connectivity index (χ2v) is 10.4. The highest BCUT2D eigenvalue weighted by Gasteiger charge is 2.47. The lowest BCUT2D eigenvalue weighted by atomic mass is 10.1. The van der Waals surface area contributed by atoms with Crippen molar-refractivity contribution >= 4 is 27.5 Å². The summed E-state index contributed by atoms with van der Waals surface area (Å²) in [6.45, 7) is 7.36. The second kappa shape index (κ2) is 8.18. The van der Waals surface area contributed by atoms with Crippen molar-refractivity contribution < 1.29 is 22.9 Å². The van der Waals surface area contributed by atoms with E-state index in [4.69, 9.17) is 0 Å². The van der Waals surface area contributed by atoms with Gasteiger partial charge >= 0.3 is 0 Å². The summed E-state index contributed by atoms with van der Waals surface area (Å²) in [5, 5.41) is 0. The first-order valence-electron chi connectivity index (χ1n) is 10.5. The molecule has 0 spiro atoms. The Balaban J connectivity index is 1.48. The molecule has 1 atom stereocenters. The number of piperazine rings is 1. The molecule has 0 unspecified atom stereocenters. The van der Waals surface area contributed by atoms with Gasteiger partial charge in [0.2, 0.25) is 15.9 Å². The lowest BCUT2D eigenvalue weighted by Gasteiger charge is -2.33. The van der Waals surface area contributed by atoms with E-state index < -0.39 is 16.1 Å². The zero-order valence-electron chi connectivity index (χ0n) is 18.1. The van der Waals surface area contributed by atoms with Gasteiger partial charge in [0.1, 0.15) is 0 Å². The topological polar surface area (TPSA) is 79.2 Å². The van der Waals surface area contributed by atoms with Crippen LogP contribution in [0, 0.1) is 20.8 Å². The van der Waals surface area contributed by atoms with Crippen molar-refractivity contribution in [2.75, 3.05) is 31.1 Å². The summed E-state index contributed by atoms with van der Waals surface area (Å²) in [6.07, 6.45) is 0.159. The number of rotatable bonds is 4. The van der Waals surface area contributed by atoms with Gasteiger partial charge in [-0.05, 0) is 44.0 Å². The van der Waals surface area contributed by atoms with Crippen molar-refractivity contribution in [3.05, 3.63) is 59.2 Å². The molecule has 2 aromatic carbocycles. The molecule has 2 heterocycles. The van der Waals surface area contributed by atoms with Gasteiger partial charge in [0.15, 0.2) is 6.04 Å². The Labute approximate surface area is 183 Å². The maximum Gasteiger partial charge on any atom is 0.292 e. The van der Waals surface area contributed by atoms with Crippen LogP contribution < -0.4 is 9.80 Å². The van der Waals surface area contributed by atoms with E-state index in [0.717, 1.165) is 21.6 Å². The maximum atomic E-state index is 13.2. The Kier molecular flexibility index (Phi) is 5.72. The normalized spacial score (nSPS) is 21.1. The van der Waals surface area contributed by atoms with Gasteiger partial charge < -0.3 is 4.90 Å². The number of quaternary nitrogens is 1. The van der Waals surface area contributed by atoms with E-state index >= 15 is 0 Å². The van der Waals surface area contributed by atoms with Crippen molar-refractivity contribution in [1.82, 2.24) is 4.31 Å². The number of imide groups is 1. The molecule has 4 rings (SSSR count). The first kappa shape index (κ1) is 21.7. The number of nitrogens with zero attached hydrogens (tertiary/aromatic N) is 2. The molecule has 7 nitrogen and oxygen atoms in total. The minimum absolute atomic E-state index is 0.159. The number of benzene rings is 2. The number of carbonyl (C=O) groups is 2. The lowest BCUT2D eigenvalue weighted by Crippen LogP contribution is -3.19. The number of nitrogens with one attached hydrogen (secondary N) is 1. The fraction of sp³-hybridized carbons (Fsp3) is 0.391. The molecule has 2 saturated heterocycles. The van der Waals surface area contributed by atoms with Crippen LogP contribution in [0.2, 0.25) is 0 Å². The van der Waals surface area contributed by atoms with E-state index in [1.54, 1.807) is 24.3 Å². The molecule has 2 aromatic rings. The predicted molar refractivity (Wildman–Crippen MR) is 117 cm³/mol. The summed E-state index contributed by atoms with van der Waals surface area (Å²) >= 11 is 0. The van der Waals surface area contributed by atoms with Gasteiger partial charge in [-0.1, -0.05) is 35.9 Å². The van der Waals surface area contributed by atoms with Gasteiger partial charge in [0, 0.05) is 0 Å². The van der Waals surface area contributed by atoms with Crippen LogP contribution in [0.15, 0.2) is 47.4 Å². The zero-order valence-corrected chi connectivity index (χ0v) is 18.9. The fourth-order valence-corrected chi connectivity index (χ4v) is 6.01. The van der Waals surface area contributed by atoms with E-state index in [0.29, 0.717) is 31.9 Å². The smallest absolute Gasteiger partial charge is 0.292 e. The van der Waals surface area contributed by atoms with Crippen molar-refractivity contribution in [2.45, 2.75) is 38.1 Å². The van der Waals surface area contributed by atoms with Gasteiger partial charge in [-0.3, -0.25) is 9.59 Å². The Morgan fingerprint density at radius 1 is 0.903 bits per heavy atom. The van der Waals surface area contributed by atoms with E-state index in [1.807, 2.05) is 39.0 Å². The lowest BCUT2D eigenvalue weighted by molar-refractivity contribution is -0.918. The van der Waals surface area contributed by atoms with Crippen molar-refractivity contribution in [3.8, 4) is 0 Å². The number of para-hydroxylation sites is 1. The first-order chi connectivity index (χ1) is 14.7. The summed E-state index contributed by atoms with van der Waals surface area (Å²) < 4.78 is 27.4. The maximum absolute atomic E-state index is 13.2. The van der Waals surface area contributed by atoms with E-state index in [1.165, 1.54) is 9.21 Å². The van der Waals surface area contributed by atoms with E-state index in [-0.39, 0.29) is 23.1 Å². The molecule has 0 aromatic heterocycles. The molecule has 0 radical (unpaired) electrons. The summed E-state index contributed by atoms with van der Waals surface area (Å²) in [6, 6.07) is 12.1. The molecular formula is C23H28N3O4S+. The van der Waals surface area contributed by atoms with Gasteiger partial charge in [-0.25, -0.2) is 13.3 Å². The number of sulfonamides is 1.